The van der Waals surface area contributed by atoms with Crippen LogP contribution in [0, 0.1) is 11.7 Å². The molecule has 0 saturated carbocycles. The predicted octanol–water partition coefficient (Wildman–Crippen LogP) is 2.74. The molecular weight excluding hydrogens is 257 g/mol. The van der Waals surface area contributed by atoms with E-state index in [-0.39, 0.29) is 24.2 Å². The highest BCUT2D eigenvalue weighted by molar-refractivity contribution is 5.79. The molecule has 1 unspecified atom stereocenters. The van der Waals surface area contributed by atoms with Gasteiger partial charge < -0.3 is 10.4 Å². The van der Waals surface area contributed by atoms with Gasteiger partial charge in [-0.1, -0.05) is 24.3 Å². The zero-order valence-corrected chi connectivity index (χ0v) is 11.4. The second kappa shape index (κ2) is 8.27. The number of benzene rings is 1. The number of rotatable bonds is 8. The number of hydrogen-bond donors (Lipinski definition) is 2. The Morgan fingerprint density at radius 2 is 1.80 bits per heavy atom. The molecule has 0 fully saturated rings. The zero-order valence-electron chi connectivity index (χ0n) is 11.4. The minimum Gasteiger partial charge on any atom is -0.387 e. The lowest BCUT2D eigenvalue weighted by atomic mass is 10.0. The van der Waals surface area contributed by atoms with E-state index in [1.807, 2.05) is 0 Å². The topological polar surface area (TPSA) is 49.3 Å². The van der Waals surface area contributed by atoms with Crippen LogP contribution in [0.4, 0.5) is 4.39 Å². The van der Waals surface area contributed by atoms with Crippen molar-refractivity contribution < 1.29 is 14.3 Å². The maximum absolute atomic E-state index is 12.8. The van der Waals surface area contributed by atoms with Crippen molar-refractivity contribution in [1.29, 1.82) is 0 Å². The highest BCUT2D eigenvalue weighted by atomic mass is 19.1. The fraction of sp³-hybridized carbons (Fsp3) is 0.312. The van der Waals surface area contributed by atoms with Crippen molar-refractivity contribution in [2.24, 2.45) is 5.92 Å². The summed E-state index contributed by atoms with van der Waals surface area (Å²) in [6.45, 7) is 7.33. The minimum atomic E-state index is -0.854. The van der Waals surface area contributed by atoms with Gasteiger partial charge in [-0.2, -0.15) is 0 Å². The van der Waals surface area contributed by atoms with E-state index in [1.165, 1.54) is 24.3 Å². The molecule has 108 valence electrons. The molecule has 0 saturated heterocycles. The van der Waals surface area contributed by atoms with Crippen LogP contribution in [-0.4, -0.2) is 17.6 Å². The van der Waals surface area contributed by atoms with E-state index < -0.39 is 6.10 Å². The molecule has 0 bridgehead atoms. The van der Waals surface area contributed by atoms with Gasteiger partial charge in [0.15, 0.2) is 0 Å². The molecule has 0 aliphatic rings. The fourth-order valence-electron chi connectivity index (χ4n) is 1.86. The highest BCUT2D eigenvalue weighted by Crippen LogP contribution is 2.14. The van der Waals surface area contributed by atoms with Gasteiger partial charge in [0.05, 0.1) is 6.10 Å². The predicted molar refractivity (Wildman–Crippen MR) is 77.5 cm³/mol. The van der Waals surface area contributed by atoms with Crippen molar-refractivity contribution in [1.82, 2.24) is 5.32 Å². The summed E-state index contributed by atoms with van der Waals surface area (Å²) in [5.41, 5.74) is 0.565. The Bertz CT molecular complexity index is 446. The molecule has 1 amide bonds. The summed E-state index contributed by atoms with van der Waals surface area (Å²) >= 11 is 0. The van der Waals surface area contributed by atoms with Crippen LogP contribution in [0.2, 0.25) is 0 Å². The van der Waals surface area contributed by atoms with Crippen LogP contribution in [0.5, 0.6) is 0 Å². The third kappa shape index (κ3) is 4.97. The number of allylic oxidation sites excluding steroid dienone is 2. The van der Waals surface area contributed by atoms with Crippen molar-refractivity contribution in [2.75, 3.05) is 6.54 Å². The lowest BCUT2D eigenvalue weighted by Gasteiger charge is -2.16. The lowest BCUT2D eigenvalue weighted by molar-refractivity contribution is -0.125. The Morgan fingerprint density at radius 1 is 1.25 bits per heavy atom. The minimum absolute atomic E-state index is 0.0925. The molecule has 0 aliphatic carbocycles. The summed E-state index contributed by atoms with van der Waals surface area (Å²) in [5.74, 6) is -0.724. The average molecular weight is 277 g/mol. The monoisotopic (exact) mass is 277 g/mol. The molecule has 1 rings (SSSR count). The first kappa shape index (κ1) is 16.1. The van der Waals surface area contributed by atoms with Gasteiger partial charge in [-0.15, -0.1) is 13.2 Å². The molecule has 2 N–H and O–H groups in total. The van der Waals surface area contributed by atoms with E-state index in [0.29, 0.717) is 18.4 Å². The van der Waals surface area contributed by atoms with Gasteiger partial charge in [0.1, 0.15) is 5.82 Å². The number of aliphatic hydroxyl groups excluding tert-OH is 1. The van der Waals surface area contributed by atoms with Gasteiger partial charge >= 0.3 is 0 Å². The summed E-state index contributed by atoms with van der Waals surface area (Å²) in [5, 5.41) is 12.6. The second-order valence-electron chi connectivity index (χ2n) is 4.56. The Labute approximate surface area is 118 Å². The van der Waals surface area contributed by atoms with Crippen LogP contribution in [0.3, 0.4) is 0 Å². The Balaban J connectivity index is 2.52. The highest BCUT2D eigenvalue weighted by Gasteiger charge is 2.16. The fourth-order valence-corrected chi connectivity index (χ4v) is 1.86. The molecule has 1 atom stereocenters. The van der Waals surface area contributed by atoms with Crippen molar-refractivity contribution in [3.8, 4) is 0 Å². The molecule has 1 aromatic carbocycles. The third-order valence-corrected chi connectivity index (χ3v) is 3.00. The van der Waals surface area contributed by atoms with E-state index in [9.17, 15) is 14.3 Å². The smallest absolute Gasteiger partial charge is 0.223 e. The third-order valence-electron chi connectivity index (χ3n) is 3.00. The normalized spacial score (nSPS) is 11.9. The van der Waals surface area contributed by atoms with E-state index in [4.69, 9.17) is 0 Å². The first-order chi connectivity index (χ1) is 9.58. The molecule has 4 heteroatoms. The van der Waals surface area contributed by atoms with Gasteiger partial charge in [0.25, 0.3) is 0 Å². The molecular formula is C16H20FNO2. The van der Waals surface area contributed by atoms with Gasteiger partial charge in [-0.05, 0) is 30.5 Å². The molecule has 0 aromatic heterocycles. The molecule has 0 aliphatic heterocycles. The first-order valence-electron chi connectivity index (χ1n) is 6.51. The summed E-state index contributed by atoms with van der Waals surface area (Å²) in [7, 11) is 0. The van der Waals surface area contributed by atoms with Crippen LogP contribution in [0.25, 0.3) is 0 Å². The van der Waals surface area contributed by atoms with Gasteiger partial charge in [0.2, 0.25) is 5.91 Å². The molecule has 1 aromatic rings. The van der Waals surface area contributed by atoms with E-state index in [1.54, 1.807) is 12.2 Å². The van der Waals surface area contributed by atoms with Crippen LogP contribution >= 0.6 is 0 Å². The standard InChI is InChI=1S/C16H20FNO2/c1-3-5-13(6-4-2)16(20)18-11-15(19)12-7-9-14(17)10-8-12/h3-4,7-10,13,15,19H,1-2,5-6,11H2,(H,18,20). The van der Waals surface area contributed by atoms with Gasteiger partial charge in [0, 0.05) is 12.5 Å². The van der Waals surface area contributed by atoms with Crippen LogP contribution in [-0.2, 0) is 4.79 Å². The van der Waals surface area contributed by atoms with Crippen LogP contribution in [0.1, 0.15) is 24.5 Å². The van der Waals surface area contributed by atoms with Crippen LogP contribution < -0.4 is 5.32 Å². The molecule has 0 spiro atoms. The van der Waals surface area contributed by atoms with Gasteiger partial charge in [-0.25, -0.2) is 4.39 Å². The number of halogens is 1. The Morgan fingerprint density at radius 3 is 2.30 bits per heavy atom. The number of hydrogen-bond acceptors (Lipinski definition) is 2. The largest absolute Gasteiger partial charge is 0.387 e. The SMILES string of the molecule is C=CCC(CC=C)C(=O)NCC(O)c1ccc(F)cc1. The molecule has 3 nitrogen and oxygen atoms in total. The zero-order chi connectivity index (χ0) is 15.0. The summed E-state index contributed by atoms with van der Waals surface area (Å²) < 4.78 is 12.8. The average Bonchev–Trinajstić information content (AvgIpc) is 2.45. The summed E-state index contributed by atoms with van der Waals surface area (Å²) in [4.78, 5) is 11.9. The Kier molecular flexibility index (Phi) is 6.67. The number of aliphatic hydroxyl groups is 1. The van der Waals surface area contributed by atoms with E-state index in [0.717, 1.165) is 0 Å². The van der Waals surface area contributed by atoms with Crippen LogP contribution in [0.15, 0.2) is 49.6 Å². The van der Waals surface area contributed by atoms with Crippen molar-refractivity contribution in [3.05, 3.63) is 61.0 Å². The van der Waals surface area contributed by atoms with Gasteiger partial charge in [-0.3, -0.25) is 4.79 Å². The molecule has 20 heavy (non-hydrogen) atoms. The van der Waals surface area contributed by atoms with Crippen molar-refractivity contribution >= 4 is 5.91 Å². The maximum atomic E-state index is 12.8. The number of amides is 1. The summed E-state index contributed by atoms with van der Waals surface area (Å²) in [6, 6.07) is 5.55. The Hall–Kier alpha value is -1.94. The maximum Gasteiger partial charge on any atom is 0.223 e. The molecule has 0 radical (unpaired) electrons. The molecule has 0 heterocycles. The number of nitrogens with one attached hydrogen (secondary N) is 1. The van der Waals surface area contributed by atoms with E-state index >= 15 is 0 Å². The first-order valence-corrected chi connectivity index (χ1v) is 6.51. The van der Waals surface area contributed by atoms with Crippen molar-refractivity contribution in [3.63, 3.8) is 0 Å². The second-order valence-corrected chi connectivity index (χ2v) is 4.56. The number of carbonyl (C=O) groups excluding carboxylic acids is 1. The summed E-state index contributed by atoms with van der Waals surface area (Å²) in [6.07, 6.45) is 3.64. The van der Waals surface area contributed by atoms with Crippen molar-refractivity contribution in [2.45, 2.75) is 18.9 Å². The van der Waals surface area contributed by atoms with E-state index in [2.05, 4.69) is 18.5 Å². The lowest BCUT2D eigenvalue weighted by Crippen LogP contribution is -2.33. The quantitative estimate of drug-likeness (QED) is 0.718. The number of carbonyl (C=O) groups is 1.